The Kier molecular flexibility index (Phi) is 6.68. The van der Waals surface area contributed by atoms with Crippen LogP contribution in [0.3, 0.4) is 0 Å². The molecule has 3 heterocycles. The Bertz CT molecular complexity index is 1180. The van der Waals surface area contributed by atoms with Crippen LogP contribution < -0.4 is 4.74 Å². The second-order valence-electron chi connectivity index (χ2n) is 8.45. The van der Waals surface area contributed by atoms with Crippen LogP contribution in [0.5, 0.6) is 5.75 Å². The van der Waals surface area contributed by atoms with Crippen LogP contribution in [0.4, 0.5) is 0 Å². The quantitative estimate of drug-likeness (QED) is 0.425. The normalized spacial score (nSPS) is 16.3. The number of fused-ring (bicyclic) bond motifs is 1. The summed E-state index contributed by atoms with van der Waals surface area (Å²) in [6.45, 7) is 7.28. The third kappa shape index (κ3) is 5.59. The van der Waals surface area contributed by atoms with Gasteiger partial charge in [0.2, 0.25) is 0 Å². The van der Waals surface area contributed by atoms with Gasteiger partial charge in [-0.2, -0.15) is 0 Å². The molecule has 1 fully saturated rings. The number of rotatable bonds is 8. The molecule has 0 unspecified atom stereocenters. The smallest absolute Gasteiger partial charge is 0.151 e. The number of hydrogen-bond acceptors (Lipinski definition) is 8. The van der Waals surface area contributed by atoms with Crippen LogP contribution in [0.2, 0.25) is 0 Å². The summed E-state index contributed by atoms with van der Waals surface area (Å²) in [5, 5.41) is 15.7. The van der Waals surface area contributed by atoms with Gasteiger partial charge in [0.1, 0.15) is 24.2 Å². The summed E-state index contributed by atoms with van der Waals surface area (Å²) in [7, 11) is 0. The molecule has 0 bridgehead atoms. The van der Waals surface area contributed by atoms with E-state index in [4.69, 9.17) is 9.26 Å². The van der Waals surface area contributed by atoms with Crippen molar-refractivity contribution in [3.05, 3.63) is 65.4 Å². The summed E-state index contributed by atoms with van der Waals surface area (Å²) in [5.74, 6) is 1.63. The van der Waals surface area contributed by atoms with Crippen molar-refractivity contribution in [2.45, 2.75) is 19.6 Å². The first-order valence-corrected chi connectivity index (χ1v) is 12.1. The molecule has 0 saturated carbocycles. The van der Waals surface area contributed by atoms with Crippen molar-refractivity contribution >= 4 is 21.6 Å². The molecule has 1 atom stereocenters. The molecule has 0 amide bonds. The molecule has 1 N–H and O–H groups in total. The fourth-order valence-electron chi connectivity index (χ4n) is 4.14. The lowest BCUT2D eigenvalue weighted by atomic mass is 10.1. The molecule has 2 aromatic carbocycles. The number of benzene rings is 2. The van der Waals surface area contributed by atoms with Crippen LogP contribution in [0, 0.1) is 6.92 Å². The second-order valence-corrected chi connectivity index (χ2v) is 9.68. The molecule has 0 aliphatic carbocycles. The lowest BCUT2D eigenvalue weighted by Gasteiger charge is -2.35. The molecule has 1 aliphatic heterocycles. The van der Waals surface area contributed by atoms with Crippen LogP contribution in [-0.4, -0.2) is 70.5 Å². The maximum Gasteiger partial charge on any atom is 0.151 e. The van der Waals surface area contributed by atoms with Crippen LogP contribution in [0.1, 0.15) is 10.8 Å². The van der Waals surface area contributed by atoms with E-state index < -0.39 is 6.10 Å². The van der Waals surface area contributed by atoms with Gasteiger partial charge in [0, 0.05) is 50.4 Å². The third-order valence-electron chi connectivity index (χ3n) is 5.85. The van der Waals surface area contributed by atoms with E-state index in [-0.39, 0.29) is 6.61 Å². The Morgan fingerprint density at radius 2 is 1.85 bits per heavy atom. The summed E-state index contributed by atoms with van der Waals surface area (Å²) < 4.78 is 12.5. The molecule has 2 aromatic heterocycles. The Morgan fingerprint density at radius 3 is 2.67 bits per heavy atom. The van der Waals surface area contributed by atoms with Crippen LogP contribution in [0.15, 0.2) is 59.1 Å². The van der Waals surface area contributed by atoms with Crippen LogP contribution in [0.25, 0.3) is 21.5 Å². The monoisotopic (exact) mass is 464 g/mol. The minimum Gasteiger partial charge on any atom is -0.491 e. The van der Waals surface area contributed by atoms with E-state index in [0.29, 0.717) is 6.54 Å². The van der Waals surface area contributed by atoms with Crippen molar-refractivity contribution in [3.63, 3.8) is 0 Å². The highest BCUT2D eigenvalue weighted by Gasteiger charge is 2.21. The minimum absolute atomic E-state index is 0.273. The predicted octanol–water partition coefficient (Wildman–Crippen LogP) is 3.82. The molecule has 1 aliphatic rings. The van der Waals surface area contributed by atoms with Gasteiger partial charge in [0.05, 0.1) is 21.8 Å². The second kappa shape index (κ2) is 10.0. The molecule has 5 rings (SSSR count). The SMILES string of the molecule is Cc1nc2cc(OC[C@H](O)CN3CCN(Cc4cc(-c5ccccc5)no4)CC3)ccc2s1. The standard InChI is InChI=1S/C25H28N4O3S/c1-18-26-24-13-21(7-8-25(24)33-18)31-17-20(30)15-28-9-11-29(12-10-28)16-22-14-23(27-32-22)19-5-3-2-4-6-19/h2-8,13-14,20,30H,9-12,15-17H2,1H3/t20-/m1/s1. The van der Waals surface area contributed by atoms with Gasteiger partial charge >= 0.3 is 0 Å². The van der Waals surface area contributed by atoms with Crippen molar-refractivity contribution in [2.75, 3.05) is 39.3 Å². The summed E-state index contributed by atoms with van der Waals surface area (Å²) in [4.78, 5) is 9.15. The summed E-state index contributed by atoms with van der Waals surface area (Å²) in [6.07, 6.45) is -0.535. The number of aliphatic hydroxyl groups excluding tert-OH is 1. The number of aryl methyl sites for hydroxylation is 1. The molecular weight excluding hydrogens is 436 g/mol. The number of β-amino-alcohol motifs (C(OH)–C–C–N with tert-alkyl or cyclic N) is 1. The predicted molar refractivity (Wildman–Crippen MR) is 130 cm³/mol. The Morgan fingerprint density at radius 1 is 1.06 bits per heavy atom. The summed E-state index contributed by atoms with van der Waals surface area (Å²) in [5.41, 5.74) is 2.88. The van der Waals surface area contributed by atoms with Crippen molar-refractivity contribution < 1.29 is 14.4 Å². The van der Waals surface area contributed by atoms with Crippen molar-refractivity contribution in [3.8, 4) is 17.0 Å². The molecular formula is C25H28N4O3S. The fraction of sp³-hybridized carbons (Fsp3) is 0.360. The van der Waals surface area contributed by atoms with Gasteiger partial charge in [-0.15, -0.1) is 11.3 Å². The van der Waals surface area contributed by atoms with E-state index in [2.05, 4.69) is 19.9 Å². The van der Waals surface area contributed by atoms with Gasteiger partial charge in [-0.05, 0) is 19.1 Å². The van der Waals surface area contributed by atoms with Gasteiger partial charge in [0.15, 0.2) is 5.76 Å². The molecule has 8 heteroatoms. The number of nitrogens with zero attached hydrogens (tertiary/aromatic N) is 4. The topological polar surface area (TPSA) is 74.9 Å². The number of hydrogen-bond donors (Lipinski definition) is 1. The minimum atomic E-state index is -0.535. The third-order valence-corrected chi connectivity index (χ3v) is 6.80. The lowest BCUT2D eigenvalue weighted by Crippen LogP contribution is -2.48. The van der Waals surface area contributed by atoms with Crippen molar-refractivity contribution in [2.24, 2.45) is 0 Å². The van der Waals surface area contributed by atoms with Crippen molar-refractivity contribution in [1.82, 2.24) is 19.9 Å². The summed E-state index contributed by atoms with van der Waals surface area (Å²) in [6, 6.07) is 18.0. The fourth-order valence-corrected chi connectivity index (χ4v) is 4.95. The zero-order chi connectivity index (χ0) is 22.6. The Labute approximate surface area is 197 Å². The number of thiazole rings is 1. The molecule has 4 aromatic rings. The highest BCUT2D eigenvalue weighted by Crippen LogP contribution is 2.25. The number of aliphatic hydroxyl groups is 1. The summed E-state index contributed by atoms with van der Waals surface area (Å²) >= 11 is 1.67. The van der Waals surface area contributed by atoms with Gasteiger partial charge in [-0.1, -0.05) is 35.5 Å². The molecule has 0 radical (unpaired) electrons. The van der Waals surface area contributed by atoms with Gasteiger partial charge in [-0.3, -0.25) is 9.80 Å². The lowest BCUT2D eigenvalue weighted by molar-refractivity contribution is 0.0430. The first-order valence-electron chi connectivity index (χ1n) is 11.3. The van der Waals surface area contributed by atoms with E-state index in [1.54, 1.807) is 11.3 Å². The van der Waals surface area contributed by atoms with E-state index in [9.17, 15) is 5.11 Å². The molecule has 0 spiro atoms. The highest BCUT2D eigenvalue weighted by atomic mass is 32.1. The maximum absolute atomic E-state index is 10.5. The molecule has 7 nitrogen and oxygen atoms in total. The first-order chi connectivity index (χ1) is 16.1. The van der Waals surface area contributed by atoms with Gasteiger partial charge < -0.3 is 14.4 Å². The van der Waals surface area contributed by atoms with Crippen LogP contribution in [-0.2, 0) is 6.54 Å². The first kappa shape index (κ1) is 22.0. The van der Waals surface area contributed by atoms with Crippen molar-refractivity contribution in [1.29, 1.82) is 0 Å². The number of ether oxygens (including phenoxy) is 1. The maximum atomic E-state index is 10.5. The largest absolute Gasteiger partial charge is 0.491 e. The van der Waals surface area contributed by atoms with E-state index in [1.165, 1.54) is 0 Å². The average Bonchev–Trinajstić information content (AvgIpc) is 3.45. The zero-order valence-corrected chi connectivity index (χ0v) is 19.5. The van der Waals surface area contributed by atoms with Gasteiger partial charge in [-0.25, -0.2) is 4.98 Å². The number of aromatic nitrogens is 2. The van der Waals surface area contributed by atoms with Gasteiger partial charge in [0.25, 0.3) is 0 Å². The number of piperazine rings is 1. The van der Waals surface area contributed by atoms with E-state index >= 15 is 0 Å². The molecule has 1 saturated heterocycles. The van der Waals surface area contributed by atoms with E-state index in [0.717, 1.165) is 70.7 Å². The molecule has 33 heavy (non-hydrogen) atoms. The van der Waals surface area contributed by atoms with Crippen LogP contribution >= 0.6 is 11.3 Å². The average molecular weight is 465 g/mol. The van der Waals surface area contributed by atoms with E-state index in [1.807, 2.05) is 61.5 Å². The zero-order valence-electron chi connectivity index (χ0n) is 18.7. The molecule has 172 valence electrons. The highest BCUT2D eigenvalue weighted by molar-refractivity contribution is 7.18. The Hall–Kier alpha value is -2.78. The Balaban J connectivity index is 1.05.